The molecular weight excluding hydrogens is 308 g/mol. The number of fused-ring (bicyclic) bond motifs is 1. The summed E-state index contributed by atoms with van der Waals surface area (Å²) in [6, 6.07) is 7.34. The first-order chi connectivity index (χ1) is 10.3. The molecule has 0 atom stereocenters. The van der Waals surface area contributed by atoms with Gasteiger partial charge >= 0.3 is 0 Å². The Hall–Kier alpha value is -1.76. The lowest BCUT2D eigenvalue weighted by Crippen LogP contribution is -2.11. The van der Waals surface area contributed by atoms with Gasteiger partial charge < -0.3 is 10.1 Å². The molecule has 0 bridgehead atoms. The molecule has 0 spiro atoms. The molecule has 0 unspecified atom stereocenters. The van der Waals surface area contributed by atoms with E-state index in [4.69, 9.17) is 16.3 Å². The fourth-order valence-electron chi connectivity index (χ4n) is 1.87. The molecular formula is C14H13ClN4OS. The van der Waals surface area contributed by atoms with Gasteiger partial charge in [-0.05, 0) is 30.8 Å². The second-order valence-corrected chi connectivity index (χ2v) is 5.72. The smallest absolute Gasteiger partial charge is 0.299 e. The van der Waals surface area contributed by atoms with Gasteiger partial charge in [0.05, 0.1) is 5.02 Å². The Morgan fingerprint density at radius 1 is 1.29 bits per heavy atom. The zero-order chi connectivity index (χ0) is 14.7. The molecule has 0 fully saturated rings. The molecule has 0 aliphatic rings. The van der Waals surface area contributed by atoms with Gasteiger partial charge in [0.1, 0.15) is 10.5 Å². The van der Waals surface area contributed by atoms with Crippen molar-refractivity contribution in [2.75, 3.05) is 6.54 Å². The number of pyridine rings is 1. The highest BCUT2D eigenvalue weighted by molar-refractivity contribution is 7.13. The predicted molar refractivity (Wildman–Crippen MR) is 84.1 cm³/mol. The summed E-state index contributed by atoms with van der Waals surface area (Å²) >= 11 is 7.58. The van der Waals surface area contributed by atoms with E-state index in [0.29, 0.717) is 28.0 Å². The third-order valence-electron chi connectivity index (χ3n) is 2.85. The molecule has 2 aromatic heterocycles. The first-order valence-electron chi connectivity index (χ1n) is 6.52. The molecule has 7 heteroatoms. The van der Waals surface area contributed by atoms with E-state index in [1.807, 2.05) is 19.1 Å². The highest BCUT2D eigenvalue weighted by Gasteiger charge is 2.11. The van der Waals surface area contributed by atoms with E-state index < -0.39 is 0 Å². The van der Waals surface area contributed by atoms with E-state index in [2.05, 4.69) is 20.5 Å². The topological polar surface area (TPSA) is 59.9 Å². The maximum absolute atomic E-state index is 6.16. The SMILES string of the molecule is CCNCc1nnc(Oc2ccc(Cl)c3cccnc23)s1. The number of hydrogen-bond donors (Lipinski definition) is 1. The Kier molecular flexibility index (Phi) is 4.28. The van der Waals surface area contributed by atoms with Crippen LogP contribution in [0.5, 0.6) is 10.9 Å². The van der Waals surface area contributed by atoms with E-state index in [-0.39, 0.29) is 0 Å². The number of aromatic nitrogens is 3. The third-order valence-corrected chi connectivity index (χ3v) is 3.98. The molecule has 21 heavy (non-hydrogen) atoms. The Morgan fingerprint density at radius 3 is 3.05 bits per heavy atom. The standard InChI is InChI=1S/C14H13ClN4OS/c1-2-16-8-12-18-19-14(21-12)20-11-6-5-10(15)9-4-3-7-17-13(9)11/h3-7,16H,2,8H2,1H3. The lowest BCUT2D eigenvalue weighted by Gasteiger charge is -2.06. The van der Waals surface area contributed by atoms with Crippen LogP contribution in [0.1, 0.15) is 11.9 Å². The van der Waals surface area contributed by atoms with Gasteiger partial charge in [-0.25, -0.2) is 0 Å². The summed E-state index contributed by atoms with van der Waals surface area (Å²) in [5.41, 5.74) is 0.716. The summed E-state index contributed by atoms with van der Waals surface area (Å²) in [5.74, 6) is 0.626. The molecule has 0 amide bonds. The van der Waals surface area contributed by atoms with Crippen LogP contribution in [0.15, 0.2) is 30.5 Å². The van der Waals surface area contributed by atoms with Gasteiger partial charge in [0.15, 0.2) is 5.75 Å². The summed E-state index contributed by atoms with van der Waals surface area (Å²) in [6.07, 6.45) is 1.71. The van der Waals surface area contributed by atoms with Crippen LogP contribution < -0.4 is 10.1 Å². The Morgan fingerprint density at radius 2 is 2.19 bits per heavy atom. The fourth-order valence-corrected chi connectivity index (χ4v) is 2.76. The summed E-state index contributed by atoms with van der Waals surface area (Å²) in [7, 11) is 0. The Bertz CT molecular complexity index is 762. The minimum Gasteiger partial charge on any atom is -0.427 e. The maximum Gasteiger partial charge on any atom is 0.299 e. The molecule has 3 rings (SSSR count). The molecule has 5 nitrogen and oxygen atoms in total. The molecule has 0 aliphatic heterocycles. The van der Waals surface area contributed by atoms with Crippen LogP contribution in [0.3, 0.4) is 0 Å². The number of hydrogen-bond acceptors (Lipinski definition) is 6. The van der Waals surface area contributed by atoms with Gasteiger partial charge in [-0.1, -0.05) is 35.0 Å². The number of benzene rings is 1. The van der Waals surface area contributed by atoms with E-state index in [1.54, 1.807) is 18.3 Å². The molecule has 108 valence electrons. The molecule has 1 N–H and O–H groups in total. The van der Waals surface area contributed by atoms with Crippen molar-refractivity contribution in [2.45, 2.75) is 13.5 Å². The van der Waals surface area contributed by atoms with Crippen molar-refractivity contribution < 1.29 is 4.74 Å². The highest BCUT2D eigenvalue weighted by Crippen LogP contribution is 2.33. The molecule has 0 radical (unpaired) electrons. The van der Waals surface area contributed by atoms with Crippen LogP contribution >= 0.6 is 22.9 Å². The summed E-state index contributed by atoms with van der Waals surface area (Å²) in [5, 5.41) is 14.2. The van der Waals surface area contributed by atoms with Crippen molar-refractivity contribution in [1.82, 2.24) is 20.5 Å². The van der Waals surface area contributed by atoms with Crippen LogP contribution in [-0.4, -0.2) is 21.7 Å². The third kappa shape index (κ3) is 3.12. The zero-order valence-electron chi connectivity index (χ0n) is 11.3. The van der Waals surface area contributed by atoms with Crippen molar-refractivity contribution in [2.24, 2.45) is 0 Å². The molecule has 0 saturated carbocycles. The van der Waals surface area contributed by atoms with Crippen molar-refractivity contribution in [3.63, 3.8) is 0 Å². The zero-order valence-corrected chi connectivity index (χ0v) is 12.9. The minimum absolute atomic E-state index is 0.497. The minimum atomic E-state index is 0.497. The van der Waals surface area contributed by atoms with Crippen molar-refractivity contribution in [3.8, 4) is 10.9 Å². The van der Waals surface area contributed by atoms with Gasteiger partial charge in [-0.3, -0.25) is 4.98 Å². The van der Waals surface area contributed by atoms with E-state index in [9.17, 15) is 0 Å². The molecule has 2 heterocycles. The number of nitrogens with one attached hydrogen (secondary N) is 1. The number of rotatable bonds is 5. The van der Waals surface area contributed by atoms with Crippen LogP contribution in [0.25, 0.3) is 10.9 Å². The Balaban J connectivity index is 1.88. The average molecular weight is 321 g/mol. The molecule has 1 aromatic carbocycles. The summed E-state index contributed by atoms with van der Waals surface area (Å²) in [4.78, 5) is 4.33. The van der Waals surface area contributed by atoms with E-state index >= 15 is 0 Å². The second kappa shape index (κ2) is 6.34. The van der Waals surface area contributed by atoms with Gasteiger partial charge in [0, 0.05) is 18.1 Å². The van der Waals surface area contributed by atoms with E-state index in [1.165, 1.54) is 11.3 Å². The van der Waals surface area contributed by atoms with Gasteiger partial charge in [0.2, 0.25) is 0 Å². The van der Waals surface area contributed by atoms with Crippen LogP contribution in [0.4, 0.5) is 0 Å². The first-order valence-corrected chi connectivity index (χ1v) is 7.71. The molecule has 3 aromatic rings. The van der Waals surface area contributed by atoms with Crippen molar-refractivity contribution in [3.05, 3.63) is 40.5 Å². The van der Waals surface area contributed by atoms with Gasteiger partial charge in [-0.15, -0.1) is 5.10 Å². The van der Waals surface area contributed by atoms with Crippen LogP contribution in [0.2, 0.25) is 5.02 Å². The first kappa shape index (κ1) is 14.2. The van der Waals surface area contributed by atoms with Gasteiger partial charge in [0.25, 0.3) is 5.19 Å². The van der Waals surface area contributed by atoms with E-state index in [0.717, 1.165) is 16.9 Å². The number of nitrogens with zero attached hydrogens (tertiary/aromatic N) is 3. The van der Waals surface area contributed by atoms with Crippen LogP contribution in [-0.2, 0) is 6.54 Å². The lowest BCUT2D eigenvalue weighted by molar-refractivity contribution is 0.477. The highest BCUT2D eigenvalue weighted by atomic mass is 35.5. The number of ether oxygens (including phenoxy) is 1. The largest absolute Gasteiger partial charge is 0.427 e. The molecule has 0 saturated heterocycles. The lowest BCUT2D eigenvalue weighted by atomic mass is 10.2. The maximum atomic E-state index is 6.16. The Labute approximate surface area is 130 Å². The quantitative estimate of drug-likeness (QED) is 0.777. The van der Waals surface area contributed by atoms with Crippen molar-refractivity contribution >= 4 is 33.8 Å². The predicted octanol–water partition coefficient (Wildman–Crippen LogP) is 3.64. The van der Waals surface area contributed by atoms with Crippen LogP contribution in [0, 0.1) is 0 Å². The fraction of sp³-hybridized carbons (Fsp3) is 0.214. The van der Waals surface area contributed by atoms with Gasteiger partial charge in [-0.2, -0.15) is 0 Å². The monoisotopic (exact) mass is 320 g/mol. The van der Waals surface area contributed by atoms with Crippen molar-refractivity contribution in [1.29, 1.82) is 0 Å². The number of halogens is 1. The second-order valence-electron chi connectivity index (χ2n) is 4.29. The molecule has 0 aliphatic carbocycles. The average Bonchev–Trinajstić information content (AvgIpc) is 2.96. The summed E-state index contributed by atoms with van der Waals surface area (Å²) in [6.45, 7) is 3.63. The summed E-state index contributed by atoms with van der Waals surface area (Å²) < 4.78 is 5.80. The normalized spacial score (nSPS) is 11.0.